The Hall–Kier alpha value is -7.44. The summed E-state index contributed by atoms with van der Waals surface area (Å²) >= 11 is 0. The van der Waals surface area contributed by atoms with Crippen LogP contribution in [0.25, 0.3) is 22.3 Å². The molecule has 0 amide bonds. The second kappa shape index (κ2) is 17.4. The van der Waals surface area contributed by atoms with Gasteiger partial charge in [0, 0.05) is 46.1 Å². The number of rotatable bonds is 13. The summed E-state index contributed by atoms with van der Waals surface area (Å²) < 4.78 is 10.8. The fraction of sp³-hybridized carbons (Fsp3) is 0.0588. The van der Waals surface area contributed by atoms with Gasteiger partial charge in [0.15, 0.2) is 0 Å². The Labute approximate surface area is 334 Å². The molecule has 280 valence electrons. The molecule has 0 bridgehead atoms. The lowest BCUT2D eigenvalue weighted by Crippen LogP contribution is -2.16. The summed E-state index contributed by atoms with van der Waals surface area (Å²) in [5.41, 5.74) is 11.2. The molecule has 0 fully saturated rings. The van der Waals surface area contributed by atoms with Gasteiger partial charge in [-0.15, -0.1) is 0 Å². The zero-order valence-electron chi connectivity index (χ0n) is 32.0. The van der Waals surface area contributed by atoms with Crippen molar-refractivity contribution in [3.05, 3.63) is 212 Å². The lowest BCUT2D eigenvalue weighted by Gasteiger charge is -2.27. The van der Waals surface area contributed by atoms with Crippen LogP contribution in [0.2, 0.25) is 0 Å². The Morgan fingerprint density at radius 3 is 1.09 bits per heavy atom. The van der Waals surface area contributed by atoms with E-state index in [1.807, 2.05) is 36.4 Å². The highest BCUT2D eigenvalue weighted by Gasteiger charge is 2.15. The fourth-order valence-corrected chi connectivity index (χ4v) is 6.35. The van der Waals surface area contributed by atoms with Crippen LogP contribution in [-0.2, 0) is 16.1 Å². The first-order chi connectivity index (χ1) is 27.7. The largest absolute Gasteiger partial charge is 0.423 e. The van der Waals surface area contributed by atoms with Crippen molar-refractivity contribution >= 4 is 40.4 Å². The highest BCUT2D eigenvalue weighted by Crippen LogP contribution is 2.36. The van der Waals surface area contributed by atoms with Crippen LogP contribution in [-0.4, -0.2) is 11.9 Å². The van der Waals surface area contributed by atoms with Gasteiger partial charge in [-0.1, -0.05) is 110 Å². The van der Waals surface area contributed by atoms with Crippen LogP contribution in [0.5, 0.6) is 11.5 Å². The number of carbonyl (C=O) groups is 2. The van der Waals surface area contributed by atoms with Gasteiger partial charge in [-0.3, -0.25) is 0 Å². The van der Waals surface area contributed by atoms with Gasteiger partial charge in [0.25, 0.3) is 0 Å². The van der Waals surface area contributed by atoms with E-state index in [0.29, 0.717) is 29.2 Å². The fourth-order valence-electron chi connectivity index (χ4n) is 6.35. The normalized spacial score (nSPS) is 10.6. The minimum Gasteiger partial charge on any atom is -0.423 e. The monoisotopic (exact) mass is 746 g/mol. The zero-order chi connectivity index (χ0) is 39.7. The Morgan fingerprint density at radius 1 is 0.421 bits per heavy atom. The van der Waals surface area contributed by atoms with E-state index in [0.717, 1.165) is 56.3 Å². The van der Waals surface area contributed by atoms with E-state index in [9.17, 15) is 9.59 Å². The molecule has 0 aromatic heterocycles. The van der Waals surface area contributed by atoms with Crippen molar-refractivity contribution in [1.82, 2.24) is 0 Å². The van der Waals surface area contributed by atoms with E-state index in [4.69, 9.17) is 9.47 Å². The van der Waals surface area contributed by atoms with Crippen molar-refractivity contribution in [1.29, 1.82) is 0 Å². The van der Waals surface area contributed by atoms with Gasteiger partial charge in [-0.05, 0) is 127 Å². The summed E-state index contributed by atoms with van der Waals surface area (Å²) in [5.74, 6) is 0.0573. The van der Waals surface area contributed by atoms with Crippen molar-refractivity contribution in [2.75, 3.05) is 9.80 Å². The van der Waals surface area contributed by atoms with Crippen LogP contribution < -0.4 is 19.3 Å². The summed E-state index contributed by atoms with van der Waals surface area (Å²) in [6.07, 6.45) is 0. The van der Waals surface area contributed by atoms with Crippen LogP contribution in [0, 0.1) is 0 Å². The number of para-hydroxylation sites is 2. The minimum atomic E-state index is -0.445. The lowest BCUT2D eigenvalue weighted by molar-refractivity contribution is -0.130. The molecular weight excluding hydrogens is 705 g/mol. The molecule has 0 radical (unpaired) electrons. The number of carbonyl (C=O) groups excluding carboxylic acids is 2. The Bertz CT molecular complexity index is 2320. The third-order valence-corrected chi connectivity index (χ3v) is 9.42. The van der Waals surface area contributed by atoms with Gasteiger partial charge in [-0.2, -0.15) is 0 Å². The first kappa shape index (κ1) is 37.9. The molecule has 0 aliphatic heterocycles. The van der Waals surface area contributed by atoms with Crippen LogP contribution in [0.4, 0.5) is 28.4 Å². The third-order valence-electron chi connectivity index (χ3n) is 9.42. The number of esters is 2. The van der Waals surface area contributed by atoms with Gasteiger partial charge in [0.05, 0.1) is 0 Å². The van der Waals surface area contributed by atoms with Crippen molar-refractivity contribution in [2.24, 2.45) is 0 Å². The Kier molecular flexibility index (Phi) is 11.5. The number of nitrogens with zero attached hydrogens (tertiary/aromatic N) is 2. The first-order valence-electron chi connectivity index (χ1n) is 18.6. The van der Waals surface area contributed by atoms with E-state index in [2.05, 4.69) is 144 Å². The molecule has 0 N–H and O–H groups in total. The predicted molar refractivity (Wildman–Crippen MR) is 232 cm³/mol. The van der Waals surface area contributed by atoms with Crippen molar-refractivity contribution in [2.45, 2.75) is 20.4 Å². The average Bonchev–Trinajstić information content (AvgIpc) is 3.25. The summed E-state index contributed by atoms with van der Waals surface area (Å²) in [6.45, 7) is 11.2. The zero-order valence-corrected chi connectivity index (χ0v) is 32.0. The Morgan fingerprint density at radius 2 is 0.737 bits per heavy atom. The van der Waals surface area contributed by atoms with Crippen LogP contribution in [0.3, 0.4) is 0 Å². The standard InChI is InChI=1S/C51H42N2O4/c1-36(2)50(54)56-48-31-21-41(22-32-48)39-17-27-43(28-18-39)52(44-29-19-40(20-30-44)42-23-33-49(34-24-42)57-51(55)37(3)4)35-38-15-25-47(26-16-38)53(45-11-7-5-8-12-45)46-13-9-6-10-14-46/h5-34H,1,3,35H2,2,4H3. The van der Waals surface area contributed by atoms with Gasteiger partial charge < -0.3 is 19.3 Å². The molecule has 0 aliphatic carbocycles. The molecule has 0 atom stereocenters. The maximum atomic E-state index is 12.0. The second-order valence-corrected chi connectivity index (χ2v) is 13.7. The molecule has 7 aromatic carbocycles. The molecule has 0 saturated carbocycles. The maximum Gasteiger partial charge on any atom is 0.338 e. The lowest BCUT2D eigenvalue weighted by atomic mass is 10.0. The number of benzene rings is 7. The summed E-state index contributed by atoms with van der Waals surface area (Å²) in [7, 11) is 0. The van der Waals surface area contributed by atoms with Crippen LogP contribution in [0.1, 0.15) is 19.4 Å². The van der Waals surface area contributed by atoms with Gasteiger partial charge >= 0.3 is 11.9 Å². The maximum absolute atomic E-state index is 12.0. The van der Waals surface area contributed by atoms with E-state index >= 15 is 0 Å². The summed E-state index contributed by atoms with van der Waals surface area (Å²) in [6, 6.07) is 61.4. The number of hydrogen-bond acceptors (Lipinski definition) is 6. The highest BCUT2D eigenvalue weighted by atomic mass is 16.5. The van der Waals surface area contributed by atoms with Gasteiger partial charge in [-0.25, -0.2) is 9.59 Å². The van der Waals surface area contributed by atoms with Crippen molar-refractivity contribution < 1.29 is 19.1 Å². The van der Waals surface area contributed by atoms with Gasteiger partial charge in [0.2, 0.25) is 0 Å². The summed E-state index contributed by atoms with van der Waals surface area (Å²) in [5, 5.41) is 0. The van der Waals surface area contributed by atoms with Crippen LogP contribution >= 0.6 is 0 Å². The Balaban J connectivity index is 1.17. The molecule has 7 rings (SSSR count). The van der Waals surface area contributed by atoms with Crippen molar-refractivity contribution in [3.8, 4) is 33.8 Å². The predicted octanol–water partition coefficient (Wildman–Crippen LogP) is 12.8. The molecule has 0 heterocycles. The second-order valence-electron chi connectivity index (χ2n) is 13.7. The number of hydrogen-bond donors (Lipinski definition) is 0. The molecule has 7 aromatic rings. The number of ether oxygens (including phenoxy) is 2. The minimum absolute atomic E-state index is 0.351. The topological polar surface area (TPSA) is 59.1 Å². The smallest absolute Gasteiger partial charge is 0.338 e. The summed E-state index contributed by atoms with van der Waals surface area (Å²) in [4.78, 5) is 28.5. The quantitative estimate of drug-likeness (QED) is 0.0665. The van der Waals surface area contributed by atoms with E-state index in [-0.39, 0.29) is 0 Å². The average molecular weight is 747 g/mol. The third kappa shape index (κ3) is 9.27. The molecule has 6 heteroatoms. The molecule has 0 aliphatic rings. The van der Waals surface area contributed by atoms with E-state index < -0.39 is 11.9 Å². The van der Waals surface area contributed by atoms with E-state index in [1.165, 1.54) is 0 Å². The van der Waals surface area contributed by atoms with Crippen molar-refractivity contribution in [3.63, 3.8) is 0 Å². The molecular formula is C51H42N2O4. The van der Waals surface area contributed by atoms with Crippen LogP contribution in [0.15, 0.2) is 206 Å². The molecule has 57 heavy (non-hydrogen) atoms. The molecule has 0 spiro atoms. The molecule has 0 unspecified atom stereocenters. The highest BCUT2D eigenvalue weighted by molar-refractivity contribution is 5.89. The molecule has 6 nitrogen and oxygen atoms in total. The SMILES string of the molecule is C=C(C)C(=O)Oc1ccc(-c2ccc(N(Cc3ccc(N(c4ccccc4)c4ccccc4)cc3)c3ccc(-c4ccc(OC(=O)C(=C)C)cc4)cc3)cc2)cc1. The molecule has 0 saturated heterocycles. The van der Waals surface area contributed by atoms with E-state index in [1.54, 1.807) is 38.1 Å². The first-order valence-corrected chi connectivity index (χ1v) is 18.6. The van der Waals surface area contributed by atoms with Gasteiger partial charge in [0.1, 0.15) is 11.5 Å². The number of anilines is 5.